The first-order valence-electron chi connectivity index (χ1n) is 4.85. The van der Waals surface area contributed by atoms with Crippen LogP contribution in [0.25, 0.3) is 0 Å². The fourth-order valence-corrected chi connectivity index (χ4v) is 1.92. The SMILES string of the molecule is Nc1cnn(CCNC(=O)c2cccs2)c1. The fourth-order valence-electron chi connectivity index (χ4n) is 1.28. The number of hydrogen-bond acceptors (Lipinski definition) is 4. The maximum absolute atomic E-state index is 11.5. The Kier molecular flexibility index (Phi) is 3.21. The predicted octanol–water partition coefficient (Wildman–Crippen LogP) is 0.957. The van der Waals surface area contributed by atoms with Gasteiger partial charge in [0.15, 0.2) is 0 Å². The second kappa shape index (κ2) is 4.80. The standard InChI is InChI=1S/C10H12N4OS/c11-8-6-13-14(7-8)4-3-12-10(15)9-2-1-5-16-9/h1-2,5-7H,3-4,11H2,(H,12,15). The first kappa shape index (κ1) is 10.7. The lowest BCUT2D eigenvalue weighted by Crippen LogP contribution is -2.26. The molecule has 84 valence electrons. The number of nitrogens with zero attached hydrogens (tertiary/aromatic N) is 2. The number of carbonyl (C=O) groups excluding carboxylic acids is 1. The van der Waals surface area contributed by atoms with Gasteiger partial charge in [-0.1, -0.05) is 6.07 Å². The van der Waals surface area contributed by atoms with E-state index in [0.717, 1.165) is 4.88 Å². The summed E-state index contributed by atoms with van der Waals surface area (Å²) in [6.45, 7) is 1.16. The molecule has 16 heavy (non-hydrogen) atoms. The smallest absolute Gasteiger partial charge is 0.261 e. The third-order valence-electron chi connectivity index (χ3n) is 2.02. The van der Waals surface area contributed by atoms with Gasteiger partial charge in [0.2, 0.25) is 0 Å². The molecule has 2 heterocycles. The first-order chi connectivity index (χ1) is 7.75. The fraction of sp³-hybridized carbons (Fsp3) is 0.200. The monoisotopic (exact) mass is 236 g/mol. The van der Waals surface area contributed by atoms with Gasteiger partial charge in [0.1, 0.15) is 0 Å². The molecule has 0 aliphatic rings. The highest BCUT2D eigenvalue weighted by molar-refractivity contribution is 7.12. The van der Waals surface area contributed by atoms with Crippen LogP contribution in [0.1, 0.15) is 9.67 Å². The van der Waals surface area contributed by atoms with Crippen LogP contribution in [0.3, 0.4) is 0 Å². The van der Waals surface area contributed by atoms with Gasteiger partial charge in [-0.2, -0.15) is 5.10 Å². The third kappa shape index (κ3) is 2.60. The molecule has 0 radical (unpaired) electrons. The van der Waals surface area contributed by atoms with Crippen LogP contribution in [-0.2, 0) is 6.54 Å². The van der Waals surface area contributed by atoms with Crippen LogP contribution in [0, 0.1) is 0 Å². The number of hydrogen-bond donors (Lipinski definition) is 2. The Morgan fingerprint density at radius 3 is 3.12 bits per heavy atom. The number of thiophene rings is 1. The summed E-state index contributed by atoms with van der Waals surface area (Å²) in [5, 5.41) is 8.71. The summed E-state index contributed by atoms with van der Waals surface area (Å²) in [6, 6.07) is 3.65. The van der Waals surface area contributed by atoms with E-state index >= 15 is 0 Å². The summed E-state index contributed by atoms with van der Waals surface area (Å²) in [7, 11) is 0. The Hall–Kier alpha value is -1.82. The molecule has 6 heteroatoms. The van der Waals surface area contributed by atoms with Crippen LogP contribution in [0.5, 0.6) is 0 Å². The molecule has 3 N–H and O–H groups in total. The van der Waals surface area contributed by atoms with Crippen LogP contribution < -0.4 is 11.1 Å². The minimum Gasteiger partial charge on any atom is -0.396 e. The topological polar surface area (TPSA) is 72.9 Å². The molecule has 5 nitrogen and oxygen atoms in total. The van der Waals surface area contributed by atoms with Crippen molar-refractivity contribution in [3.63, 3.8) is 0 Å². The number of nitrogens with one attached hydrogen (secondary N) is 1. The molecule has 0 saturated heterocycles. The highest BCUT2D eigenvalue weighted by atomic mass is 32.1. The van der Waals surface area contributed by atoms with Crippen LogP contribution in [0.15, 0.2) is 29.9 Å². The molecule has 2 rings (SSSR count). The van der Waals surface area contributed by atoms with E-state index in [2.05, 4.69) is 10.4 Å². The molecule has 2 aromatic rings. The number of amides is 1. The van der Waals surface area contributed by atoms with Crippen molar-refractivity contribution < 1.29 is 4.79 Å². The molecule has 0 saturated carbocycles. The molecule has 0 fully saturated rings. The summed E-state index contributed by atoms with van der Waals surface area (Å²) >= 11 is 1.43. The van der Waals surface area contributed by atoms with Crippen LogP contribution in [-0.4, -0.2) is 22.2 Å². The van der Waals surface area contributed by atoms with Crippen LogP contribution >= 0.6 is 11.3 Å². The van der Waals surface area contributed by atoms with Gasteiger partial charge < -0.3 is 11.1 Å². The molecule has 0 aliphatic heterocycles. The second-order valence-electron chi connectivity index (χ2n) is 3.27. The number of aromatic nitrogens is 2. The van der Waals surface area contributed by atoms with Crippen molar-refractivity contribution >= 4 is 22.9 Å². The molecule has 0 atom stereocenters. The lowest BCUT2D eigenvalue weighted by molar-refractivity contribution is 0.0956. The van der Waals surface area contributed by atoms with E-state index in [1.165, 1.54) is 11.3 Å². The minimum atomic E-state index is -0.0462. The van der Waals surface area contributed by atoms with E-state index < -0.39 is 0 Å². The molecule has 0 bridgehead atoms. The highest BCUT2D eigenvalue weighted by Gasteiger charge is 2.04. The summed E-state index contributed by atoms with van der Waals surface area (Å²) in [4.78, 5) is 12.3. The quantitative estimate of drug-likeness (QED) is 0.830. The highest BCUT2D eigenvalue weighted by Crippen LogP contribution is 2.07. The molecule has 2 aromatic heterocycles. The number of carbonyl (C=O) groups is 1. The van der Waals surface area contributed by atoms with E-state index in [0.29, 0.717) is 18.8 Å². The van der Waals surface area contributed by atoms with E-state index in [1.807, 2.05) is 11.4 Å². The maximum Gasteiger partial charge on any atom is 0.261 e. The number of rotatable bonds is 4. The average Bonchev–Trinajstić information content (AvgIpc) is 2.89. The van der Waals surface area contributed by atoms with E-state index in [9.17, 15) is 4.79 Å². The summed E-state index contributed by atoms with van der Waals surface area (Å²) in [6.07, 6.45) is 3.32. The molecular formula is C10H12N4OS. The lowest BCUT2D eigenvalue weighted by atomic mass is 10.4. The van der Waals surface area contributed by atoms with Gasteiger partial charge in [-0.15, -0.1) is 11.3 Å². The Morgan fingerprint density at radius 1 is 1.62 bits per heavy atom. The van der Waals surface area contributed by atoms with Gasteiger partial charge >= 0.3 is 0 Å². The summed E-state index contributed by atoms with van der Waals surface area (Å²) in [5.74, 6) is -0.0462. The molecule has 0 aromatic carbocycles. The van der Waals surface area contributed by atoms with Gasteiger partial charge in [-0.05, 0) is 11.4 Å². The van der Waals surface area contributed by atoms with Crippen molar-refractivity contribution in [3.05, 3.63) is 34.8 Å². The van der Waals surface area contributed by atoms with Crippen molar-refractivity contribution in [2.24, 2.45) is 0 Å². The first-order valence-corrected chi connectivity index (χ1v) is 5.73. The van der Waals surface area contributed by atoms with Gasteiger partial charge in [0.05, 0.1) is 23.3 Å². The average molecular weight is 236 g/mol. The van der Waals surface area contributed by atoms with Crippen molar-refractivity contribution in [1.82, 2.24) is 15.1 Å². The largest absolute Gasteiger partial charge is 0.396 e. The molecule has 0 unspecified atom stereocenters. The number of anilines is 1. The van der Waals surface area contributed by atoms with Crippen molar-refractivity contribution in [1.29, 1.82) is 0 Å². The van der Waals surface area contributed by atoms with Gasteiger partial charge in [0, 0.05) is 12.7 Å². The van der Waals surface area contributed by atoms with Gasteiger partial charge in [0.25, 0.3) is 5.91 Å². The minimum absolute atomic E-state index is 0.0462. The Bertz CT molecular complexity index is 463. The van der Waals surface area contributed by atoms with E-state index in [1.54, 1.807) is 23.1 Å². The normalized spacial score (nSPS) is 10.2. The number of nitrogen functional groups attached to an aromatic ring is 1. The van der Waals surface area contributed by atoms with Crippen molar-refractivity contribution in [2.45, 2.75) is 6.54 Å². The number of nitrogens with two attached hydrogens (primary N) is 1. The van der Waals surface area contributed by atoms with Gasteiger partial charge in [-0.25, -0.2) is 0 Å². The van der Waals surface area contributed by atoms with Crippen molar-refractivity contribution in [3.8, 4) is 0 Å². The summed E-state index contributed by atoms with van der Waals surface area (Å²) in [5.41, 5.74) is 6.15. The van der Waals surface area contributed by atoms with E-state index in [4.69, 9.17) is 5.73 Å². The van der Waals surface area contributed by atoms with Crippen LogP contribution in [0.4, 0.5) is 5.69 Å². The zero-order chi connectivity index (χ0) is 11.4. The Balaban J connectivity index is 1.78. The molecular weight excluding hydrogens is 224 g/mol. The zero-order valence-electron chi connectivity index (χ0n) is 8.59. The van der Waals surface area contributed by atoms with E-state index in [-0.39, 0.29) is 5.91 Å². The van der Waals surface area contributed by atoms with Crippen molar-refractivity contribution in [2.75, 3.05) is 12.3 Å². The Labute approximate surface area is 96.9 Å². The summed E-state index contributed by atoms with van der Waals surface area (Å²) < 4.78 is 1.70. The molecule has 0 aliphatic carbocycles. The third-order valence-corrected chi connectivity index (χ3v) is 2.89. The second-order valence-corrected chi connectivity index (χ2v) is 4.22. The maximum atomic E-state index is 11.5. The zero-order valence-corrected chi connectivity index (χ0v) is 9.41. The van der Waals surface area contributed by atoms with Crippen LogP contribution in [0.2, 0.25) is 0 Å². The molecule has 1 amide bonds. The predicted molar refractivity (Wildman–Crippen MR) is 63.3 cm³/mol. The molecule has 0 spiro atoms. The van der Waals surface area contributed by atoms with Gasteiger partial charge in [-0.3, -0.25) is 9.48 Å². The Morgan fingerprint density at radius 2 is 2.50 bits per heavy atom. The lowest BCUT2D eigenvalue weighted by Gasteiger charge is -2.03.